The highest BCUT2D eigenvalue weighted by Crippen LogP contribution is 2.35. The third-order valence-electron chi connectivity index (χ3n) is 5.88. The molecule has 0 radical (unpaired) electrons. The number of fused-ring (bicyclic) bond motifs is 2. The third kappa shape index (κ3) is 3.26. The van der Waals surface area contributed by atoms with Crippen molar-refractivity contribution in [1.29, 1.82) is 0 Å². The van der Waals surface area contributed by atoms with Crippen LogP contribution in [-0.4, -0.2) is 36.5 Å². The summed E-state index contributed by atoms with van der Waals surface area (Å²) in [7, 11) is 2.01. The van der Waals surface area contributed by atoms with Gasteiger partial charge in [0, 0.05) is 24.8 Å². The second-order valence-electron chi connectivity index (χ2n) is 8.05. The van der Waals surface area contributed by atoms with E-state index in [2.05, 4.69) is 24.1 Å². The molecule has 0 unspecified atom stereocenters. The molecule has 1 atom stereocenters. The summed E-state index contributed by atoms with van der Waals surface area (Å²) >= 11 is 0. The van der Waals surface area contributed by atoms with Crippen molar-refractivity contribution in [2.45, 2.75) is 45.2 Å². The van der Waals surface area contributed by atoms with Crippen LogP contribution in [0.25, 0.3) is 0 Å². The molecule has 4 rings (SSSR count). The molecular weight excluding hydrogens is 350 g/mol. The molecule has 0 saturated carbocycles. The number of rotatable bonds is 3. The molecule has 2 heterocycles. The molecule has 2 aromatic rings. The quantitative estimate of drug-likeness (QED) is 0.859. The number of piperidine rings is 1. The number of anilines is 2. The van der Waals surface area contributed by atoms with Gasteiger partial charge in [-0.25, -0.2) is 0 Å². The predicted molar refractivity (Wildman–Crippen MR) is 112 cm³/mol. The van der Waals surface area contributed by atoms with Crippen LogP contribution in [0.1, 0.15) is 65.3 Å². The first-order chi connectivity index (χ1) is 13.5. The van der Waals surface area contributed by atoms with Gasteiger partial charge in [0.2, 0.25) is 0 Å². The number of nitrogens with one attached hydrogen (secondary N) is 1. The Hall–Kier alpha value is -2.82. The van der Waals surface area contributed by atoms with Crippen molar-refractivity contribution < 1.29 is 9.59 Å². The van der Waals surface area contributed by atoms with E-state index in [4.69, 9.17) is 0 Å². The van der Waals surface area contributed by atoms with Crippen molar-refractivity contribution in [2.75, 3.05) is 23.8 Å². The summed E-state index contributed by atoms with van der Waals surface area (Å²) in [6.07, 6.45) is 3.25. The molecule has 1 saturated heterocycles. The van der Waals surface area contributed by atoms with Crippen molar-refractivity contribution in [1.82, 2.24) is 4.90 Å². The van der Waals surface area contributed by atoms with E-state index >= 15 is 0 Å². The number of carbonyl (C=O) groups is 2. The average Bonchev–Trinajstić information content (AvgIpc) is 2.72. The van der Waals surface area contributed by atoms with Gasteiger partial charge in [-0.1, -0.05) is 26.0 Å². The monoisotopic (exact) mass is 377 g/mol. The maximum Gasteiger partial charge on any atom is 0.257 e. The number of nitrogens with zero attached hydrogens (tertiary/aromatic N) is 2. The maximum absolute atomic E-state index is 12.9. The van der Waals surface area contributed by atoms with Gasteiger partial charge in [-0.15, -0.1) is 0 Å². The standard InChI is InChI=1S/C23H27N3O2/c1-15(2)16-7-10-18(11-8-16)24-22(27)17-9-12-19-20(14-17)25(3)21-6-4-5-13-26(21)23(19)28/h7-12,14-15,21H,4-6,13H2,1-3H3,(H,24,27)/t21-/m1/s1. The smallest absolute Gasteiger partial charge is 0.257 e. The molecule has 146 valence electrons. The van der Waals surface area contributed by atoms with Crippen molar-refractivity contribution >= 4 is 23.2 Å². The molecule has 2 aliphatic heterocycles. The molecule has 2 aliphatic rings. The van der Waals surface area contributed by atoms with Crippen molar-refractivity contribution in [3.8, 4) is 0 Å². The van der Waals surface area contributed by atoms with Gasteiger partial charge in [0.1, 0.15) is 6.17 Å². The summed E-state index contributed by atoms with van der Waals surface area (Å²) in [5.74, 6) is 0.374. The van der Waals surface area contributed by atoms with Gasteiger partial charge >= 0.3 is 0 Å². The molecule has 0 aromatic heterocycles. The zero-order valence-corrected chi connectivity index (χ0v) is 16.7. The van der Waals surface area contributed by atoms with Crippen LogP contribution in [0.3, 0.4) is 0 Å². The highest BCUT2D eigenvalue weighted by molar-refractivity contribution is 6.08. The van der Waals surface area contributed by atoms with Gasteiger partial charge in [-0.05, 0) is 61.1 Å². The van der Waals surface area contributed by atoms with Gasteiger partial charge in [0.05, 0.1) is 11.3 Å². The summed E-state index contributed by atoms with van der Waals surface area (Å²) in [6, 6.07) is 13.3. The highest BCUT2D eigenvalue weighted by atomic mass is 16.2. The van der Waals surface area contributed by atoms with Crippen LogP contribution in [0, 0.1) is 0 Å². The third-order valence-corrected chi connectivity index (χ3v) is 5.88. The van der Waals surface area contributed by atoms with Crippen LogP contribution in [0.15, 0.2) is 42.5 Å². The molecule has 5 nitrogen and oxygen atoms in total. The first kappa shape index (κ1) is 18.5. The lowest BCUT2D eigenvalue weighted by molar-refractivity contribution is 0.0589. The Bertz CT molecular complexity index is 905. The van der Waals surface area contributed by atoms with Gasteiger partial charge in [-0.3, -0.25) is 9.59 Å². The summed E-state index contributed by atoms with van der Waals surface area (Å²) in [6.45, 7) is 5.10. The fourth-order valence-corrected chi connectivity index (χ4v) is 4.17. The van der Waals surface area contributed by atoms with Crippen molar-refractivity contribution in [3.63, 3.8) is 0 Å². The Morgan fingerprint density at radius 2 is 1.86 bits per heavy atom. The minimum Gasteiger partial charge on any atom is -0.354 e. The summed E-state index contributed by atoms with van der Waals surface area (Å²) in [5, 5.41) is 2.96. The first-order valence-corrected chi connectivity index (χ1v) is 10.0. The second kappa shape index (κ2) is 7.30. The van der Waals surface area contributed by atoms with Crippen LogP contribution in [0.4, 0.5) is 11.4 Å². The number of carbonyl (C=O) groups excluding carboxylic acids is 2. The van der Waals surface area contributed by atoms with Crippen LogP contribution < -0.4 is 10.2 Å². The minimum atomic E-state index is -0.160. The Labute approximate surface area is 166 Å². The topological polar surface area (TPSA) is 52.7 Å². The molecule has 0 spiro atoms. The molecule has 0 aliphatic carbocycles. The van der Waals surface area contributed by atoms with Crippen LogP contribution in [0.2, 0.25) is 0 Å². The molecule has 1 fully saturated rings. The second-order valence-corrected chi connectivity index (χ2v) is 8.05. The molecular formula is C23H27N3O2. The Morgan fingerprint density at radius 3 is 2.57 bits per heavy atom. The summed E-state index contributed by atoms with van der Waals surface area (Å²) in [4.78, 5) is 29.7. The molecule has 1 N–H and O–H groups in total. The maximum atomic E-state index is 12.9. The Kier molecular flexibility index (Phi) is 4.84. The van der Waals surface area contributed by atoms with E-state index in [-0.39, 0.29) is 18.0 Å². The van der Waals surface area contributed by atoms with Gasteiger partial charge < -0.3 is 15.1 Å². The predicted octanol–water partition coefficient (Wildman–Crippen LogP) is 4.46. The first-order valence-electron chi connectivity index (χ1n) is 10.0. The number of amides is 2. The Morgan fingerprint density at radius 1 is 1.11 bits per heavy atom. The largest absolute Gasteiger partial charge is 0.354 e. The minimum absolute atomic E-state index is 0.0778. The fourth-order valence-electron chi connectivity index (χ4n) is 4.17. The average molecular weight is 377 g/mol. The summed E-state index contributed by atoms with van der Waals surface area (Å²) < 4.78 is 0. The lowest BCUT2D eigenvalue weighted by Gasteiger charge is -2.46. The SMILES string of the molecule is CC(C)c1ccc(NC(=O)c2ccc3c(c2)N(C)[C@H]2CCCCN2C3=O)cc1. The van der Waals surface area contributed by atoms with Crippen LogP contribution in [0.5, 0.6) is 0 Å². The van der Waals surface area contributed by atoms with E-state index in [0.717, 1.165) is 37.2 Å². The van der Waals surface area contributed by atoms with Gasteiger partial charge in [0.15, 0.2) is 0 Å². The van der Waals surface area contributed by atoms with Crippen molar-refractivity contribution in [3.05, 3.63) is 59.2 Å². The zero-order chi connectivity index (χ0) is 19.8. The Balaban J connectivity index is 1.57. The van der Waals surface area contributed by atoms with Crippen molar-refractivity contribution in [2.24, 2.45) is 0 Å². The number of hydrogen-bond donors (Lipinski definition) is 1. The zero-order valence-electron chi connectivity index (χ0n) is 16.7. The molecule has 2 amide bonds. The van der Waals surface area contributed by atoms with Gasteiger partial charge in [0.25, 0.3) is 11.8 Å². The molecule has 28 heavy (non-hydrogen) atoms. The van der Waals surface area contributed by atoms with E-state index in [1.807, 2.05) is 42.3 Å². The fraction of sp³-hybridized carbons (Fsp3) is 0.391. The molecule has 0 bridgehead atoms. The lowest BCUT2D eigenvalue weighted by atomic mass is 9.97. The van der Waals surface area contributed by atoms with Crippen LogP contribution >= 0.6 is 0 Å². The van der Waals surface area contributed by atoms with E-state index < -0.39 is 0 Å². The van der Waals surface area contributed by atoms with Crippen LogP contribution in [-0.2, 0) is 0 Å². The molecule has 2 aromatic carbocycles. The highest BCUT2D eigenvalue weighted by Gasteiger charge is 2.37. The van der Waals surface area contributed by atoms with E-state index in [1.54, 1.807) is 12.1 Å². The number of benzene rings is 2. The summed E-state index contributed by atoms with van der Waals surface area (Å²) in [5.41, 5.74) is 4.10. The van der Waals surface area contributed by atoms with E-state index in [0.29, 0.717) is 17.0 Å². The normalized spacial score (nSPS) is 18.7. The van der Waals surface area contributed by atoms with E-state index in [9.17, 15) is 9.59 Å². The van der Waals surface area contributed by atoms with E-state index in [1.165, 1.54) is 5.56 Å². The lowest BCUT2D eigenvalue weighted by Crippen LogP contribution is -2.55. The molecule has 5 heteroatoms. The van der Waals surface area contributed by atoms with Gasteiger partial charge in [-0.2, -0.15) is 0 Å². The number of hydrogen-bond acceptors (Lipinski definition) is 3.